The Kier molecular flexibility index (Phi) is 6.42. The first kappa shape index (κ1) is 15.2. The van der Waals surface area contributed by atoms with Gasteiger partial charge in [0.25, 0.3) is 0 Å². The number of nitrogens with one attached hydrogen (secondary N) is 1. The first-order chi connectivity index (χ1) is 8.52. The molecule has 0 spiro atoms. The molecule has 102 valence electrons. The van der Waals surface area contributed by atoms with Gasteiger partial charge in [0.05, 0.1) is 0 Å². The van der Waals surface area contributed by atoms with Crippen molar-refractivity contribution in [3.63, 3.8) is 0 Å². The fourth-order valence-electron chi connectivity index (χ4n) is 2.44. The monoisotopic (exact) mass is 247 g/mol. The molecule has 0 amide bonds. The molecule has 0 aliphatic heterocycles. The normalized spacial score (nSPS) is 13.0. The smallest absolute Gasteiger partial charge is 0.0110 e. The minimum Gasteiger partial charge on any atom is -0.314 e. The van der Waals surface area contributed by atoms with Crippen LogP contribution in [0.3, 0.4) is 0 Å². The van der Waals surface area contributed by atoms with Crippen LogP contribution in [0, 0.1) is 19.8 Å². The van der Waals surface area contributed by atoms with Gasteiger partial charge in [-0.05, 0) is 56.7 Å². The molecule has 0 fully saturated rings. The molecule has 0 heterocycles. The predicted octanol–water partition coefficient (Wildman–Crippen LogP) is 4.26. The molecule has 0 aliphatic rings. The summed E-state index contributed by atoms with van der Waals surface area (Å²) in [5, 5.41) is 3.70. The summed E-state index contributed by atoms with van der Waals surface area (Å²) >= 11 is 0. The predicted molar refractivity (Wildman–Crippen MR) is 81.2 cm³/mol. The van der Waals surface area contributed by atoms with Crippen molar-refractivity contribution in [1.82, 2.24) is 5.32 Å². The van der Waals surface area contributed by atoms with Crippen LogP contribution in [0.25, 0.3) is 0 Å². The van der Waals surface area contributed by atoms with Crippen LogP contribution in [0.2, 0.25) is 0 Å². The van der Waals surface area contributed by atoms with Gasteiger partial charge < -0.3 is 5.32 Å². The zero-order valence-corrected chi connectivity index (χ0v) is 12.7. The largest absolute Gasteiger partial charge is 0.314 e. The Morgan fingerprint density at radius 1 is 1.17 bits per heavy atom. The SMILES string of the molecule is CCCNC(Cc1cc(C)ccc1C)CC(C)C. The molecule has 0 saturated carbocycles. The van der Waals surface area contributed by atoms with Crippen molar-refractivity contribution in [2.24, 2.45) is 5.92 Å². The van der Waals surface area contributed by atoms with Gasteiger partial charge in [0, 0.05) is 6.04 Å². The van der Waals surface area contributed by atoms with Crippen molar-refractivity contribution < 1.29 is 0 Å². The second kappa shape index (κ2) is 7.58. The molecule has 1 atom stereocenters. The van der Waals surface area contributed by atoms with Gasteiger partial charge in [-0.15, -0.1) is 0 Å². The van der Waals surface area contributed by atoms with Crippen LogP contribution in [0.5, 0.6) is 0 Å². The van der Waals surface area contributed by atoms with Gasteiger partial charge in [-0.25, -0.2) is 0 Å². The van der Waals surface area contributed by atoms with Crippen LogP contribution in [-0.4, -0.2) is 12.6 Å². The Labute approximate surface area is 113 Å². The molecule has 0 radical (unpaired) electrons. The van der Waals surface area contributed by atoms with E-state index in [4.69, 9.17) is 0 Å². The maximum Gasteiger partial charge on any atom is 0.0110 e. The second-order valence-electron chi connectivity index (χ2n) is 5.91. The zero-order chi connectivity index (χ0) is 13.5. The van der Waals surface area contributed by atoms with Gasteiger partial charge in [-0.1, -0.05) is 44.5 Å². The molecule has 0 aliphatic carbocycles. The van der Waals surface area contributed by atoms with E-state index in [2.05, 4.69) is 58.1 Å². The molecular formula is C17H29N. The van der Waals surface area contributed by atoms with Crippen LogP contribution in [0.15, 0.2) is 18.2 Å². The standard InChI is InChI=1S/C17H29N/c1-6-9-18-17(10-13(2)3)12-16-11-14(4)7-8-15(16)5/h7-8,11,13,17-18H,6,9-10,12H2,1-5H3. The molecule has 1 N–H and O–H groups in total. The van der Waals surface area contributed by atoms with Crippen molar-refractivity contribution in [2.45, 2.75) is 59.9 Å². The zero-order valence-electron chi connectivity index (χ0n) is 12.7. The molecule has 0 saturated heterocycles. The van der Waals surface area contributed by atoms with Crippen molar-refractivity contribution in [3.05, 3.63) is 34.9 Å². The lowest BCUT2D eigenvalue weighted by molar-refractivity contribution is 0.416. The van der Waals surface area contributed by atoms with E-state index in [0.717, 1.165) is 18.9 Å². The lowest BCUT2D eigenvalue weighted by Gasteiger charge is -2.21. The highest BCUT2D eigenvalue weighted by Gasteiger charge is 2.12. The Morgan fingerprint density at radius 2 is 1.89 bits per heavy atom. The summed E-state index contributed by atoms with van der Waals surface area (Å²) < 4.78 is 0. The third-order valence-electron chi connectivity index (χ3n) is 3.41. The minimum atomic E-state index is 0.616. The Bertz CT molecular complexity index is 355. The summed E-state index contributed by atoms with van der Waals surface area (Å²) in [6.07, 6.45) is 3.63. The number of rotatable bonds is 7. The van der Waals surface area contributed by atoms with Gasteiger partial charge in [0.2, 0.25) is 0 Å². The molecule has 1 heteroatoms. The maximum absolute atomic E-state index is 3.70. The van der Waals surface area contributed by atoms with E-state index >= 15 is 0 Å². The molecule has 1 aromatic rings. The van der Waals surface area contributed by atoms with Crippen LogP contribution < -0.4 is 5.32 Å². The number of hydrogen-bond acceptors (Lipinski definition) is 1. The summed E-state index contributed by atoms with van der Waals surface area (Å²) in [4.78, 5) is 0. The highest BCUT2D eigenvalue weighted by atomic mass is 14.9. The molecule has 1 unspecified atom stereocenters. The van der Waals surface area contributed by atoms with Crippen molar-refractivity contribution >= 4 is 0 Å². The first-order valence-corrected chi connectivity index (χ1v) is 7.32. The van der Waals surface area contributed by atoms with Crippen molar-refractivity contribution in [2.75, 3.05) is 6.54 Å². The van der Waals surface area contributed by atoms with Gasteiger partial charge in [-0.3, -0.25) is 0 Å². The topological polar surface area (TPSA) is 12.0 Å². The molecule has 0 bridgehead atoms. The van der Waals surface area contributed by atoms with E-state index in [-0.39, 0.29) is 0 Å². The minimum absolute atomic E-state index is 0.616. The number of benzene rings is 1. The van der Waals surface area contributed by atoms with Crippen LogP contribution in [0.1, 0.15) is 50.3 Å². The van der Waals surface area contributed by atoms with E-state index in [1.807, 2.05) is 0 Å². The van der Waals surface area contributed by atoms with E-state index in [1.165, 1.54) is 29.5 Å². The first-order valence-electron chi connectivity index (χ1n) is 7.32. The summed E-state index contributed by atoms with van der Waals surface area (Å²) in [5.41, 5.74) is 4.30. The Hall–Kier alpha value is -0.820. The fourth-order valence-corrected chi connectivity index (χ4v) is 2.44. The lowest BCUT2D eigenvalue weighted by Crippen LogP contribution is -2.33. The summed E-state index contributed by atoms with van der Waals surface area (Å²) in [7, 11) is 0. The van der Waals surface area contributed by atoms with Gasteiger partial charge in [0.1, 0.15) is 0 Å². The van der Waals surface area contributed by atoms with Crippen LogP contribution in [0.4, 0.5) is 0 Å². The molecule has 1 aromatic carbocycles. The lowest BCUT2D eigenvalue weighted by atomic mass is 9.94. The average Bonchev–Trinajstić information content (AvgIpc) is 2.30. The third-order valence-corrected chi connectivity index (χ3v) is 3.41. The number of hydrogen-bond donors (Lipinski definition) is 1. The molecule has 0 aromatic heterocycles. The summed E-state index contributed by atoms with van der Waals surface area (Å²) in [6, 6.07) is 7.41. The van der Waals surface area contributed by atoms with Gasteiger partial charge >= 0.3 is 0 Å². The Morgan fingerprint density at radius 3 is 2.50 bits per heavy atom. The maximum atomic E-state index is 3.70. The average molecular weight is 247 g/mol. The highest BCUT2D eigenvalue weighted by Crippen LogP contribution is 2.16. The highest BCUT2D eigenvalue weighted by molar-refractivity contribution is 5.31. The molecule has 1 rings (SSSR count). The molecular weight excluding hydrogens is 218 g/mol. The summed E-state index contributed by atoms with van der Waals surface area (Å²) in [6.45, 7) is 12.4. The fraction of sp³-hybridized carbons (Fsp3) is 0.647. The third kappa shape index (κ3) is 5.22. The van der Waals surface area contributed by atoms with E-state index in [9.17, 15) is 0 Å². The molecule has 1 nitrogen and oxygen atoms in total. The number of aryl methyl sites for hydroxylation is 2. The van der Waals surface area contributed by atoms with E-state index in [1.54, 1.807) is 0 Å². The van der Waals surface area contributed by atoms with Gasteiger partial charge in [0.15, 0.2) is 0 Å². The molecule has 18 heavy (non-hydrogen) atoms. The van der Waals surface area contributed by atoms with E-state index in [0.29, 0.717) is 6.04 Å². The second-order valence-corrected chi connectivity index (χ2v) is 5.91. The quantitative estimate of drug-likeness (QED) is 0.759. The van der Waals surface area contributed by atoms with Gasteiger partial charge in [-0.2, -0.15) is 0 Å². The van der Waals surface area contributed by atoms with Crippen LogP contribution >= 0.6 is 0 Å². The Balaban J connectivity index is 2.71. The van der Waals surface area contributed by atoms with Crippen LogP contribution in [-0.2, 0) is 6.42 Å². The van der Waals surface area contributed by atoms with Crippen molar-refractivity contribution in [1.29, 1.82) is 0 Å². The summed E-state index contributed by atoms with van der Waals surface area (Å²) in [5.74, 6) is 0.754. The van der Waals surface area contributed by atoms with E-state index < -0.39 is 0 Å². The van der Waals surface area contributed by atoms with Crippen molar-refractivity contribution in [3.8, 4) is 0 Å².